The Bertz CT molecular complexity index is 225. The summed E-state index contributed by atoms with van der Waals surface area (Å²) in [5, 5.41) is 15.4. The van der Waals surface area contributed by atoms with E-state index in [9.17, 15) is 9.90 Å². The van der Waals surface area contributed by atoms with Gasteiger partial charge in [-0.05, 0) is 19.8 Å². The molecule has 1 aliphatic carbocycles. The molecule has 4 nitrogen and oxygen atoms in total. The van der Waals surface area contributed by atoms with Crippen molar-refractivity contribution in [1.29, 1.82) is 0 Å². The molecule has 1 rings (SSSR count). The Labute approximate surface area is 97.8 Å². The van der Waals surface area contributed by atoms with Crippen LogP contribution in [0.25, 0.3) is 0 Å². The van der Waals surface area contributed by atoms with Crippen molar-refractivity contribution in [3.8, 4) is 0 Å². The fourth-order valence-electron chi connectivity index (χ4n) is 2.37. The van der Waals surface area contributed by atoms with E-state index in [0.29, 0.717) is 0 Å². The summed E-state index contributed by atoms with van der Waals surface area (Å²) in [6.45, 7) is 2.81. The molecule has 0 aromatic carbocycles. The number of rotatable bonds is 5. The minimum Gasteiger partial charge on any atom is -0.396 e. The highest BCUT2D eigenvalue weighted by Crippen LogP contribution is 2.35. The van der Waals surface area contributed by atoms with Gasteiger partial charge < -0.3 is 15.7 Å². The van der Waals surface area contributed by atoms with Crippen LogP contribution in [0.2, 0.25) is 0 Å². The highest BCUT2D eigenvalue weighted by atomic mass is 16.3. The summed E-state index contributed by atoms with van der Waals surface area (Å²) in [5.74, 6) is 0.00361. The molecular formula is C12H24N2O2. The summed E-state index contributed by atoms with van der Waals surface area (Å²) in [5.41, 5.74) is 0.000527. The maximum Gasteiger partial charge on any atom is 0.236 e. The Kier molecular flexibility index (Phi) is 5.22. The maximum absolute atomic E-state index is 11.3. The van der Waals surface area contributed by atoms with E-state index in [-0.39, 0.29) is 24.0 Å². The monoisotopic (exact) mass is 228 g/mol. The molecule has 94 valence electrons. The number of carbonyl (C=O) groups excluding carboxylic acids is 1. The van der Waals surface area contributed by atoms with Crippen molar-refractivity contribution in [3.05, 3.63) is 0 Å². The summed E-state index contributed by atoms with van der Waals surface area (Å²) in [6.07, 6.45) is 5.79. The molecule has 4 heteroatoms. The SMILES string of the molecule is CNC(=O)C(C)NCC1(CO)CCCCC1. The molecule has 1 saturated carbocycles. The van der Waals surface area contributed by atoms with Gasteiger partial charge in [-0.25, -0.2) is 0 Å². The number of aliphatic hydroxyl groups is 1. The zero-order chi connectivity index (χ0) is 12.0. The van der Waals surface area contributed by atoms with Crippen molar-refractivity contribution in [2.24, 2.45) is 5.41 Å². The predicted molar refractivity (Wildman–Crippen MR) is 64.1 cm³/mol. The third-order valence-corrected chi connectivity index (χ3v) is 3.67. The largest absolute Gasteiger partial charge is 0.396 e. The summed E-state index contributed by atoms with van der Waals surface area (Å²) in [7, 11) is 1.64. The second kappa shape index (κ2) is 6.21. The number of carbonyl (C=O) groups is 1. The van der Waals surface area contributed by atoms with E-state index in [1.807, 2.05) is 6.92 Å². The van der Waals surface area contributed by atoms with Crippen LogP contribution in [0.5, 0.6) is 0 Å². The van der Waals surface area contributed by atoms with Gasteiger partial charge in [-0.3, -0.25) is 4.79 Å². The fourth-order valence-corrected chi connectivity index (χ4v) is 2.37. The van der Waals surface area contributed by atoms with E-state index in [2.05, 4.69) is 10.6 Å². The molecule has 0 aliphatic heterocycles. The molecule has 1 fully saturated rings. The summed E-state index contributed by atoms with van der Waals surface area (Å²) < 4.78 is 0. The second-order valence-electron chi connectivity index (χ2n) is 4.94. The van der Waals surface area contributed by atoms with Crippen LogP contribution in [-0.2, 0) is 4.79 Å². The number of hydrogen-bond donors (Lipinski definition) is 3. The number of nitrogens with one attached hydrogen (secondary N) is 2. The van der Waals surface area contributed by atoms with E-state index in [4.69, 9.17) is 0 Å². The van der Waals surface area contributed by atoms with Crippen molar-refractivity contribution >= 4 is 5.91 Å². The maximum atomic E-state index is 11.3. The van der Waals surface area contributed by atoms with Crippen LogP contribution in [0.1, 0.15) is 39.0 Å². The quantitative estimate of drug-likeness (QED) is 0.647. The van der Waals surface area contributed by atoms with Gasteiger partial charge in [-0.1, -0.05) is 19.3 Å². The Morgan fingerprint density at radius 1 is 1.38 bits per heavy atom. The fraction of sp³-hybridized carbons (Fsp3) is 0.917. The topological polar surface area (TPSA) is 61.4 Å². The number of aliphatic hydroxyl groups excluding tert-OH is 1. The highest BCUT2D eigenvalue weighted by Gasteiger charge is 2.31. The molecule has 0 spiro atoms. The average molecular weight is 228 g/mol. The van der Waals surface area contributed by atoms with Gasteiger partial charge in [0.15, 0.2) is 0 Å². The van der Waals surface area contributed by atoms with Gasteiger partial charge in [-0.15, -0.1) is 0 Å². The van der Waals surface area contributed by atoms with E-state index in [1.165, 1.54) is 19.3 Å². The van der Waals surface area contributed by atoms with Crippen molar-refractivity contribution in [2.45, 2.75) is 45.1 Å². The van der Waals surface area contributed by atoms with Crippen LogP contribution < -0.4 is 10.6 Å². The van der Waals surface area contributed by atoms with Gasteiger partial charge in [0.25, 0.3) is 0 Å². The van der Waals surface area contributed by atoms with Crippen molar-refractivity contribution in [1.82, 2.24) is 10.6 Å². The molecule has 1 atom stereocenters. The first-order valence-electron chi connectivity index (χ1n) is 6.19. The minimum atomic E-state index is -0.185. The highest BCUT2D eigenvalue weighted by molar-refractivity contribution is 5.80. The molecule has 0 heterocycles. The van der Waals surface area contributed by atoms with Crippen molar-refractivity contribution in [3.63, 3.8) is 0 Å². The smallest absolute Gasteiger partial charge is 0.236 e. The molecule has 1 amide bonds. The van der Waals surface area contributed by atoms with E-state index in [0.717, 1.165) is 19.4 Å². The summed E-state index contributed by atoms with van der Waals surface area (Å²) in [4.78, 5) is 11.3. The number of amides is 1. The first-order chi connectivity index (χ1) is 7.63. The van der Waals surface area contributed by atoms with Gasteiger partial charge in [0, 0.05) is 25.6 Å². The number of hydrogen-bond acceptors (Lipinski definition) is 3. The van der Waals surface area contributed by atoms with E-state index in [1.54, 1.807) is 7.05 Å². The van der Waals surface area contributed by atoms with Gasteiger partial charge in [-0.2, -0.15) is 0 Å². The molecule has 0 aromatic heterocycles. The van der Waals surface area contributed by atoms with Crippen LogP contribution in [0.15, 0.2) is 0 Å². The van der Waals surface area contributed by atoms with Gasteiger partial charge >= 0.3 is 0 Å². The molecular weight excluding hydrogens is 204 g/mol. The third kappa shape index (κ3) is 3.46. The molecule has 0 bridgehead atoms. The van der Waals surface area contributed by atoms with Crippen LogP contribution in [0.3, 0.4) is 0 Å². The van der Waals surface area contributed by atoms with Gasteiger partial charge in [0.1, 0.15) is 0 Å². The van der Waals surface area contributed by atoms with Gasteiger partial charge in [0.05, 0.1) is 6.04 Å². The van der Waals surface area contributed by atoms with Crippen LogP contribution in [0, 0.1) is 5.41 Å². The lowest BCUT2D eigenvalue weighted by Crippen LogP contribution is -2.47. The van der Waals surface area contributed by atoms with Crippen molar-refractivity contribution < 1.29 is 9.90 Å². The standard InChI is InChI=1S/C12H24N2O2/c1-10(11(16)13-2)14-8-12(9-15)6-4-3-5-7-12/h10,14-15H,3-9H2,1-2H3,(H,13,16). The lowest BCUT2D eigenvalue weighted by molar-refractivity contribution is -0.122. The zero-order valence-corrected chi connectivity index (χ0v) is 10.4. The molecule has 3 N–H and O–H groups in total. The summed E-state index contributed by atoms with van der Waals surface area (Å²) >= 11 is 0. The third-order valence-electron chi connectivity index (χ3n) is 3.67. The molecule has 1 aliphatic rings. The zero-order valence-electron chi connectivity index (χ0n) is 10.4. The molecule has 0 aromatic rings. The molecule has 0 radical (unpaired) electrons. The van der Waals surface area contributed by atoms with Crippen molar-refractivity contribution in [2.75, 3.05) is 20.2 Å². The van der Waals surface area contributed by atoms with Crippen LogP contribution >= 0.6 is 0 Å². The van der Waals surface area contributed by atoms with E-state index < -0.39 is 0 Å². The normalized spacial score (nSPS) is 21.4. The van der Waals surface area contributed by atoms with Crippen LogP contribution in [-0.4, -0.2) is 37.3 Å². The Balaban J connectivity index is 2.41. The van der Waals surface area contributed by atoms with Crippen LogP contribution in [0.4, 0.5) is 0 Å². The Morgan fingerprint density at radius 2 is 2.00 bits per heavy atom. The predicted octanol–water partition coefficient (Wildman–Crippen LogP) is 0.653. The lowest BCUT2D eigenvalue weighted by atomic mass is 9.74. The van der Waals surface area contributed by atoms with E-state index >= 15 is 0 Å². The molecule has 16 heavy (non-hydrogen) atoms. The Hall–Kier alpha value is -0.610. The average Bonchev–Trinajstić information content (AvgIpc) is 2.36. The lowest BCUT2D eigenvalue weighted by Gasteiger charge is -2.36. The minimum absolute atomic E-state index is 0.000527. The first kappa shape index (κ1) is 13.5. The first-order valence-corrected chi connectivity index (χ1v) is 6.19. The second-order valence-corrected chi connectivity index (χ2v) is 4.94. The van der Waals surface area contributed by atoms with Gasteiger partial charge in [0.2, 0.25) is 5.91 Å². The number of likely N-dealkylation sites (N-methyl/N-ethyl adjacent to an activating group) is 1. The molecule has 1 unspecified atom stereocenters. The Morgan fingerprint density at radius 3 is 2.50 bits per heavy atom. The summed E-state index contributed by atoms with van der Waals surface area (Å²) in [6, 6.07) is -0.185. The molecule has 0 saturated heterocycles.